The van der Waals surface area contributed by atoms with E-state index in [0.717, 1.165) is 31.4 Å². The maximum atomic E-state index is 11.1. The summed E-state index contributed by atoms with van der Waals surface area (Å²) < 4.78 is 0. The van der Waals surface area contributed by atoms with Crippen LogP contribution in [0.1, 0.15) is 31.7 Å². The summed E-state index contributed by atoms with van der Waals surface area (Å²) in [5, 5.41) is 11.7. The number of nitro benzene ring substituents is 1. The molecule has 0 aromatic heterocycles. The summed E-state index contributed by atoms with van der Waals surface area (Å²) in [6, 6.07) is 5.40. The molecule has 0 aliphatic rings. The number of unbranched alkanes of at least 4 members (excludes halogenated alkanes) is 2. The number of hydrogen-bond acceptors (Lipinski definition) is 3. The van der Waals surface area contributed by atoms with Gasteiger partial charge < -0.3 is 4.90 Å². The maximum Gasteiger partial charge on any atom is 0.292 e. The SMILES string of the molecule is CCCCCN(C)c1ccc(CBr)cc1[N+](=O)[O-]. The van der Waals surface area contributed by atoms with Crippen molar-refractivity contribution in [2.24, 2.45) is 0 Å². The lowest BCUT2D eigenvalue weighted by Gasteiger charge is -2.19. The van der Waals surface area contributed by atoms with Gasteiger partial charge in [-0.05, 0) is 18.1 Å². The maximum absolute atomic E-state index is 11.1. The van der Waals surface area contributed by atoms with Gasteiger partial charge in [0.2, 0.25) is 0 Å². The molecule has 1 rings (SSSR count). The lowest BCUT2D eigenvalue weighted by Crippen LogP contribution is -2.19. The number of hydrogen-bond donors (Lipinski definition) is 0. The van der Waals surface area contributed by atoms with Crippen LogP contribution in [0.15, 0.2) is 18.2 Å². The van der Waals surface area contributed by atoms with Crippen LogP contribution >= 0.6 is 15.9 Å². The monoisotopic (exact) mass is 314 g/mol. The molecule has 0 atom stereocenters. The van der Waals surface area contributed by atoms with Crippen LogP contribution in [0, 0.1) is 10.1 Å². The van der Waals surface area contributed by atoms with Crippen molar-refractivity contribution in [2.45, 2.75) is 31.5 Å². The normalized spacial score (nSPS) is 10.4. The largest absolute Gasteiger partial charge is 0.369 e. The smallest absolute Gasteiger partial charge is 0.292 e. The second kappa shape index (κ2) is 7.36. The Morgan fingerprint density at radius 1 is 1.39 bits per heavy atom. The Labute approximate surface area is 116 Å². The molecule has 0 amide bonds. The van der Waals surface area contributed by atoms with Gasteiger partial charge in [0.15, 0.2) is 0 Å². The van der Waals surface area contributed by atoms with E-state index < -0.39 is 0 Å². The van der Waals surface area contributed by atoms with Gasteiger partial charge >= 0.3 is 0 Å². The molecule has 18 heavy (non-hydrogen) atoms. The van der Waals surface area contributed by atoms with Crippen molar-refractivity contribution in [1.29, 1.82) is 0 Å². The van der Waals surface area contributed by atoms with Crippen LogP contribution in [-0.4, -0.2) is 18.5 Å². The average Bonchev–Trinajstić information content (AvgIpc) is 2.38. The molecule has 1 aromatic carbocycles. The van der Waals surface area contributed by atoms with Gasteiger partial charge in [0.25, 0.3) is 5.69 Å². The summed E-state index contributed by atoms with van der Waals surface area (Å²) in [5.41, 5.74) is 1.80. The Kier molecular flexibility index (Phi) is 6.12. The fourth-order valence-electron chi connectivity index (χ4n) is 1.84. The fraction of sp³-hybridized carbons (Fsp3) is 0.538. The van der Waals surface area contributed by atoms with E-state index >= 15 is 0 Å². The molecule has 0 aliphatic carbocycles. The van der Waals surface area contributed by atoms with E-state index in [1.54, 1.807) is 6.07 Å². The van der Waals surface area contributed by atoms with Gasteiger partial charge in [0, 0.05) is 25.0 Å². The summed E-state index contributed by atoms with van der Waals surface area (Å²) in [6.45, 7) is 3.00. The molecule has 0 unspecified atom stereocenters. The third-order valence-corrected chi connectivity index (χ3v) is 3.55. The number of nitro groups is 1. The van der Waals surface area contributed by atoms with E-state index in [1.807, 2.05) is 24.1 Å². The van der Waals surface area contributed by atoms with E-state index in [4.69, 9.17) is 0 Å². The highest BCUT2D eigenvalue weighted by Gasteiger charge is 2.17. The Morgan fingerprint density at radius 2 is 2.11 bits per heavy atom. The highest BCUT2D eigenvalue weighted by Crippen LogP contribution is 2.29. The van der Waals surface area contributed by atoms with Crippen molar-refractivity contribution in [2.75, 3.05) is 18.5 Å². The number of anilines is 1. The second-order valence-electron chi connectivity index (χ2n) is 4.34. The molecule has 0 aliphatic heterocycles. The molecule has 5 heteroatoms. The highest BCUT2D eigenvalue weighted by molar-refractivity contribution is 9.08. The third-order valence-electron chi connectivity index (χ3n) is 2.90. The van der Waals surface area contributed by atoms with Crippen LogP contribution in [0.5, 0.6) is 0 Å². The van der Waals surface area contributed by atoms with Crippen LogP contribution < -0.4 is 4.90 Å². The van der Waals surface area contributed by atoms with Crippen LogP contribution in [-0.2, 0) is 5.33 Å². The molecular weight excluding hydrogens is 296 g/mol. The van der Waals surface area contributed by atoms with E-state index in [2.05, 4.69) is 22.9 Å². The predicted molar refractivity (Wildman–Crippen MR) is 78.5 cm³/mol. The summed E-state index contributed by atoms with van der Waals surface area (Å²) in [5.74, 6) is 0. The molecule has 0 spiro atoms. The molecular formula is C13H19BrN2O2. The van der Waals surface area contributed by atoms with Gasteiger partial charge in [0.1, 0.15) is 5.69 Å². The van der Waals surface area contributed by atoms with Crippen LogP contribution in [0.2, 0.25) is 0 Å². The van der Waals surface area contributed by atoms with Crippen LogP contribution in [0.25, 0.3) is 0 Å². The van der Waals surface area contributed by atoms with Gasteiger partial charge in [-0.15, -0.1) is 0 Å². The zero-order valence-electron chi connectivity index (χ0n) is 10.9. The topological polar surface area (TPSA) is 46.4 Å². The van der Waals surface area contributed by atoms with E-state index in [1.165, 1.54) is 0 Å². The molecule has 0 bridgehead atoms. The standard InChI is InChI=1S/C13H19BrN2O2/c1-3-4-5-8-15(2)12-7-6-11(10-14)9-13(12)16(17)18/h6-7,9H,3-5,8,10H2,1-2H3. The number of alkyl halides is 1. The minimum Gasteiger partial charge on any atom is -0.369 e. The Morgan fingerprint density at radius 3 is 2.67 bits per heavy atom. The average molecular weight is 315 g/mol. The molecule has 1 aromatic rings. The molecule has 4 nitrogen and oxygen atoms in total. The first-order chi connectivity index (χ1) is 8.60. The van der Waals surface area contributed by atoms with E-state index in [9.17, 15) is 10.1 Å². The summed E-state index contributed by atoms with van der Waals surface area (Å²) in [6.07, 6.45) is 3.36. The second-order valence-corrected chi connectivity index (χ2v) is 4.90. The lowest BCUT2D eigenvalue weighted by atomic mass is 10.1. The number of benzene rings is 1. The first kappa shape index (κ1) is 15.0. The first-order valence-corrected chi connectivity index (χ1v) is 7.26. The van der Waals surface area contributed by atoms with Crippen molar-refractivity contribution in [3.63, 3.8) is 0 Å². The predicted octanol–water partition coefficient (Wildman–Crippen LogP) is 4.12. The highest BCUT2D eigenvalue weighted by atomic mass is 79.9. The molecule has 0 N–H and O–H groups in total. The van der Waals surface area contributed by atoms with E-state index in [0.29, 0.717) is 11.0 Å². The minimum absolute atomic E-state index is 0.186. The Bertz CT molecular complexity index is 410. The van der Waals surface area contributed by atoms with Crippen molar-refractivity contribution < 1.29 is 4.92 Å². The molecule has 0 saturated carbocycles. The van der Waals surface area contributed by atoms with Crippen LogP contribution in [0.4, 0.5) is 11.4 Å². The third kappa shape index (κ3) is 3.98. The molecule has 100 valence electrons. The molecule has 0 heterocycles. The van der Waals surface area contributed by atoms with E-state index in [-0.39, 0.29) is 10.6 Å². The Hall–Kier alpha value is -1.10. The molecule has 0 radical (unpaired) electrons. The van der Waals surface area contributed by atoms with Gasteiger partial charge in [-0.2, -0.15) is 0 Å². The van der Waals surface area contributed by atoms with Gasteiger partial charge in [-0.3, -0.25) is 10.1 Å². The zero-order chi connectivity index (χ0) is 13.5. The van der Waals surface area contributed by atoms with Crippen LogP contribution in [0.3, 0.4) is 0 Å². The lowest BCUT2D eigenvalue weighted by molar-refractivity contribution is -0.384. The number of halogens is 1. The van der Waals surface area contributed by atoms with Crippen molar-refractivity contribution in [1.82, 2.24) is 0 Å². The molecule has 0 saturated heterocycles. The summed E-state index contributed by atoms with van der Waals surface area (Å²) >= 11 is 3.32. The minimum atomic E-state index is -0.308. The van der Waals surface area contributed by atoms with Gasteiger partial charge in [-0.25, -0.2) is 0 Å². The van der Waals surface area contributed by atoms with Crippen molar-refractivity contribution in [3.8, 4) is 0 Å². The van der Waals surface area contributed by atoms with Gasteiger partial charge in [-0.1, -0.05) is 41.8 Å². The summed E-state index contributed by atoms with van der Waals surface area (Å²) in [4.78, 5) is 12.7. The fourth-order valence-corrected chi connectivity index (χ4v) is 2.19. The summed E-state index contributed by atoms with van der Waals surface area (Å²) in [7, 11) is 1.91. The molecule has 0 fully saturated rings. The van der Waals surface area contributed by atoms with Gasteiger partial charge in [0.05, 0.1) is 4.92 Å². The van der Waals surface area contributed by atoms with Crippen molar-refractivity contribution >= 4 is 27.3 Å². The number of rotatable bonds is 7. The zero-order valence-corrected chi connectivity index (χ0v) is 12.4. The first-order valence-electron chi connectivity index (χ1n) is 6.14. The van der Waals surface area contributed by atoms with Crippen molar-refractivity contribution in [3.05, 3.63) is 33.9 Å². The quantitative estimate of drug-likeness (QED) is 0.329. The Balaban J connectivity index is 2.89. The number of nitrogens with zero attached hydrogens (tertiary/aromatic N) is 2.